The van der Waals surface area contributed by atoms with Crippen molar-refractivity contribution in [3.8, 4) is 10.9 Å². The van der Waals surface area contributed by atoms with Gasteiger partial charge < -0.3 is 9.47 Å². The maximum absolute atomic E-state index is 12.9. The average molecular weight is 361 g/mol. The fourth-order valence-electron chi connectivity index (χ4n) is 1.71. The van der Waals surface area contributed by atoms with Crippen LogP contribution in [0.15, 0.2) is 29.3 Å². The van der Waals surface area contributed by atoms with E-state index in [4.69, 9.17) is 9.47 Å². The lowest BCUT2D eigenvalue weighted by molar-refractivity contribution is -0.137. The van der Waals surface area contributed by atoms with Crippen molar-refractivity contribution >= 4 is 17.4 Å². The number of amides is 1. The molecule has 0 saturated carbocycles. The minimum Gasteiger partial charge on any atom is -0.472 e. The van der Waals surface area contributed by atoms with E-state index in [1.165, 1.54) is 19.2 Å². The molecule has 6 nitrogen and oxygen atoms in total. The van der Waals surface area contributed by atoms with Crippen LogP contribution in [0.4, 0.5) is 18.0 Å². The molecular formula is C14H14F3N3O3S. The summed E-state index contributed by atoms with van der Waals surface area (Å²) in [6.07, 6.45) is -5.74. The molecule has 0 saturated heterocycles. The number of hydrogen-bond donors (Lipinski definition) is 0. The number of rotatable bonds is 3. The number of aromatic nitrogens is 2. The third-order valence-electron chi connectivity index (χ3n) is 2.66. The Morgan fingerprint density at radius 1 is 1.38 bits per heavy atom. The zero-order valence-electron chi connectivity index (χ0n) is 13.0. The fraction of sp³-hybridized carbons (Fsp3) is 0.357. The first-order chi connectivity index (χ1) is 11.2. The predicted molar refractivity (Wildman–Crippen MR) is 80.2 cm³/mol. The molecule has 0 aliphatic carbocycles. The van der Waals surface area contributed by atoms with E-state index in [1.807, 2.05) is 0 Å². The molecule has 10 heteroatoms. The van der Waals surface area contributed by atoms with Gasteiger partial charge in [-0.25, -0.2) is 9.48 Å². The van der Waals surface area contributed by atoms with Crippen LogP contribution in [-0.4, -0.2) is 29.1 Å². The van der Waals surface area contributed by atoms with Crippen LogP contribution in [0.2, 0.25) is 0 Å². The summed E-state index contributed by atoms with van der Waals surface area (Å²) in [5.74, 6) is 0. The predicted octanol–water partition coefficient (Wildman–Crippen LogP) is 3.41. The topological polar surface area (TPSA) is 65.7 Å². The molecule has 2 aromatic rings. The van der Waals surface area contributed by atoms with Gasteiger partial charge >= 0.3 is 12.3 Å². The number of methoxy groups -OCH3 is 1. The number of alkyl halides is 3. The van der Waals surface area contributed by atoms with Gasteiger partial charge in [0.05, 0.1) is 24.5 Å². The van der Waals surface area contributed by atoms with Gasteiger partial charge in [-0.2, -0.15) is 13.2 Å². The molecule has 0 fully saturated rings. The highest BCUT2D eigenvalue weighted by molar-refractivity contribution is 7.10. The number of nitrogens with zero attached hydrogens (tertiary/aromatic N) is 3. The molecule has 0 radical (unpaired) electrons. The summed E-state index contributed by atoms with van der Waals surface area (Å²) < 4.78 is 49.6. The van der Waals surface area contributed by atoms with Crippen molar-refractivity contribution in [3.63, 3.8) is 0 Å². The maximum atomic E-state index is 12.9. The van der Waals surface area contributed by atoms with Crippen molar-refractivity contribution in [2.45, 2.75) is 26.1 Å². The minimum absolute atomic E-state index is 0.0387. The fourth-order valence-corrected chi connectivity index (χ4v) is 2.42. The summed E-state index contributed by atoms with van der Waals surface area (Å²) in [6.45, 7) is 3.31. The summed E-state index contributed by atoms with van der Waals surface area (Å²) in [7, 11) is 1.35. The lowest BCUT2D eigenvalue weighted by Gasteiger charge is -2.08. The van der Waals surface area contributed by atoms with Crippen LogP contribution in [-0.2, 0) is 10.9 Å². The van der Waals surface area contributed by atoms with Crippen molar-refractivity contribution < 1.29 is 27.4 Å². The minimum atomic E-state index is -4.50. The summed E-state index contributed by atoms with van der Waals surface area (Å²) in [5.41, 5.74) is -0.740. The van der Waals surface area contributed by atoms with Crippen molar-refractivity contribution in [1.82, 2.24) is 9.78 Å². The zero-order valence-corrected chi connectivity index (χ0v) is 13.8. The summed E-state index contributed by atoms with van der Waals surface area (Å²) in [6, 6.07) is 4.51. The number of hydrogen-bond acceptors (Lipinski definition) is 5. The Hall–Kier alpha value is -2.36. The average Bonchev–Trinajstić information content (AvgIpc) is 2.88. The highest BCUT2D eigenvalue weighted by Gasteiger charge is 2.30. The van der Waals surface area contributed by atoms with E-state index in [1.54, 1.807) is 13.8 Å². The summed E-state index contributed by atoms with van der Waals surface area (Å²) in [4.78, 5) is 15.5. The van der Waals surface area contributed by atoms with Crippen LogP contribution in [0.3, 0.4) is 0 Å². The molecule has 130 valence electrons. The van der Waals surface area contributed by atoms with E-state index in [-0.39, 0.29) is 21.8 Å². The molecular weight excluding hydrogens is 347 g/mol. The molecule has 2 rings (SSSR count). The molecule has 0 spiro atoms. The van der Waals surface area contributed by atoms with E-state index in [0.717, 1.165) is 28.2 Å². The lowest BCUT2D eigenvalue weighted by atomic mass is 10.2. The van der Waals surface area contributed by atoms with Crippen LogP contribution in [0.5, 0.6) is 5.19 Å². The SMILES string of the molecule is COc1nn(-c2cccc(C(F)(F)F)c2)/c(=N\C(=O)OC(C)C)s1. The molecule has 0 atom stereocenters. The first kappa shape index (κ1) is 18.0. The van der Waals surface area contributed by atoms with Crippen molar-refractivity contribution in [1.29, 1.82) is 0 Å². The highest BCUT2D eigenvalue weighted by Crippen LogP contribution is 2.30. The molecule has 0 aliphatic heterocycles. The standard InChI is InChI=1S/C14H14F3N3O3S/c1-8(2)23-12(21)18-11-20(19-13(22-3)24-11)10-6-4-5-9(7-10)14(15,16)17/h4-8H,1-3H3/b18-11+. The van der Waals surface area contributed by atoms with E-state index in [0.29, 0.717) is 0 Å². The molecule has 0 unspecified atom stereocenters. The van der Waals surface area contributed by atoms with Gasteiger partial charge in [0.2, 0.25) is 4.80 Å². The van der Waals surface area contributed by atoms with Crippen LogP contribution >= 0.6 is 11.3 Å². The zero-order chi connectivity index (χ0) is 17.9. The second-order valence-corrected chi connectivity index (χ2v) is 5.78. The Morgan fingerprint density at radius 2 is 2.08 bits per heavy atom. The van der Waals surface area contributed by atoms with Gasteiger partial charge in [0.25, 0.3) is 5.19 Å². The number of halogens is 3. The second kappa shape index (κ2) is 7.04. The van der Waals surface area contributed by atoms with Gasteiger partial charge in [-0.1, -0.05) is 6.07 Å². The molecule has 0 N–H and O–H groups in total. The molecule has 0 bridgehead atoms. The summed E-state index contributed by atoms with van der Waals surface area (Å²) >= 11 is 0.904. The van der Waals surface area contributed by atoms with Gasteiger partial charge in [-0.05, 0) is 43.4 Å². The van der Waals surface area contributed by atoms with E-state index < -0.39 is 17.8 Å². The van der Waals surface area contributed by atoms with Crippen LogP contribution < -0.4 is 9.54 Å². The van der Waals surface area contributed by atoms with Gasteiger partial charge in [-0.3, -0.25) is 0 Å². The van der Waals surface area contributed by atoms with Crippen LogP contribution in [0, 0.1) is 0 Å². The smallest absolute Gasteiger partial charge is 0.436 e. The van der Waals surface area contributed by atoms with Gasteiger partial charge in [0.15, 0.2) is 0 Å². The second-order valence-electron chi connectivity index (χ2n) is 4.86. The Bertz CT molecular complexity index is 796. The van der Waals surface area contributed by atoms with E-state index in [2.05, 4.69) is 10.1 Å². The molecule has 24 heavy (non-hydrogen) atoms. The first-order valence-corrected chi connectivity index (χ1v) is 7.59. The van der Waals surface area contributed by atoms with Gasteiger partial charge in [0.1, 0.15) is 0 Å². The molecule has 1 amide bonds. The third kappa shape index (κ3) is 4.34. The first-order valence-electron chi connectivity index (χ1n) is 6.78. The monoisotopic (exact) mass is 361 g/mol. The summed E-state index contributed by atoms with van der Waals surface area (Å²) in [5, 5.41) is 4.14. The molecule has 1 aromatic heterocycles. The molecule has 1 aromatic carbocycles. The Kier molecular flexibility index (Phi) is 5.27. The van der Waals surface area contributed by atoms with E-state index in [9.17, 15) is 18.0 Å². The quantitative estimate of drug-likeness (QED) is 0.840. The Balaban J connectivity index is 2.53. The Labute approximate surface area is 139 Å². The highest BCUT2D eigenvalue weighted by atomic mass is 32.1. The third-order valence-corrected chi connectivity index (χ3v) is 3.53. The Morgan fingerprint density at radius 3 is 2.67 bits per heavy atom. The lowest BCUT2D eigenvalue weighted by Crippen LogP contribution is -2.19. The van der Waals surface area contributed by atoms with Crippen LogP contribution in [0.1, 0.15) is 19.4 Å². The van der Waals surface area contributed by atoms with Crippen molar-refractivity contribution in [2.24, 2.45) is 4.99 Å². The maximum Gasteiger partial charge on any atom is 0.436 e. The number of ether oxygens (including phenoxy) is 2. The van der Waals surface area contributed by atoms with Gasteiger partial charge in [-0.15, -0.1) is 10.1 Å². The van der Waals surface area contributed by atoms with Crippen LogP contribution in [0.25, 0.3) is 5.69 Å². The van der Waals surface area contributed by atoms with E-state index >= 15 is 0 Å². The van der Waals surface area contributed by atoms with Crippen molar-refractivity contribution in [2.75, 3.05) is 7.11 Å². The number of carbonyl (C=O) groups excluding carboxylic acids is 1. The largest absolute Gasteiger partial charge is 0.472 e. The molecule has 1 heterocycles. The number of carbonyl (C=O) groups is 1. The molecule has 0 aliphatic rings. The number of benzene rings is 1. The van der Waals surface area contributed by atoms with Crippen molar-refractivity contribution in [3.05, 3.63) is 34.6 Å². The van der Waals surface area contributed by atoms with Gasteiger partial charge in [0, 0.05) is 0 Å². The normalized spacial score (nSPS) is 12.5.